The maximum Gasteiger partial charge on any atom is 0.214 e. The lowest BCUT2D eigenvalue weighted by Gasteiger charge is -2.15. The molecule has 1 aromatic carbocycles. The highest BCUT2D eigenvalue weighted by Gasteiger charge is 2.08. The largest absolute Gasteiger partial charge is 0.315 e. The maximum atomic E-state index is 11.0. The predicted octanol–water partition coefficient (Wildman–Crippen LogP) is 3.23. The van der Waals surface area contributed by atoms with E-state index in [1.54, 1.807) is 4.90 Å². The maximum absolute atomic E-state index is 11.0. The average molecular weight is 227 g/mol. The molecule has 1 amide bonds. The van der Waals surface area contributed by atoms with Crippen LogP contribution in [-0.4, -0.2) is 17.9 Å². The van der Waals surface area contributed by atoms with Gasteiger partial charge in [0, 0.05) is 12.2 Å². The summed E-state index contributed by atoms with van der Waals surface area (Å²) in [5.41, 5.74) is 2.17. The Morgan fingerprint density at radius 3 is 2.65 bits per heavy atom. The molecular weight excluding hydrogens is 210 g/mol. The summed E-state index contributed by atoms with van der Waals surface area (Å²) in [6, 6.07) is 10.1. The first-order valence-corrected chi connectivity index (χ1v) is 6.05. The van der Waals surface area contributed by atoms with Gasteiger partial charge in [0.15, 0.2) is 0 Å². The van der Waals surface area contributed by atoms with Gasteiger partial charge < -0.3 is 4.90 Å². The highest BCUT2D eigenvalue weighted by Crippen LogP contribution is 2.15. The van der Waals surface area contributed by atoms with Gasteiger partial charge in [-0.25, -0.2) is 0 Å². The molecule has 0 N–H and O–H groups in total. The zero-order valence-electron chi connectivity index (χ0n) is 9.88. The second-order valence-electron chi connectivity index (χ2n) is 4.17. The molecular formula is C15H17NO. The Morgan fingerprint density at radius 2 is 1.88 bits per heavy atom. The fourth-order valence-electron chi connectivity index (χ4n) is 1.95. The Balaban J connectivity index is 2.12. The Bertz CT molecular complexity index is 420. The van der Waals surface area contributed by atoms with Crippen molar-refractivity contribution in [1.29, 1.82) is 0 Å². The molecule has 0 aliphatic carbocycles. The molecule has 0 radical (unpaired) electrons. The van der Waals surface area contributed by atoms with Crippen LogP contribution >= 0.6 is 0 Å². The van der Waals surface area contributed by atoms with E-state index in [9.17, 15) is 4.79 Å². The van der Waals surface area contributed by atoms with Crippen LogP contribution in [-0.2, 0) is 4.79 Å². The third kappa shape index (κ3) is 3.31. The molecule has 1 aromatic rings. The van der Waals surface area contributed by atoms with Gasteiger partial charge in [0.2, 0.25) is 6.41 Å². The number of amides is 1. The first-order chi connectivity index (χ1) is 8.40. The zero-order valence-corrected chi connectivity index (χ0v) is 9.88. The SMILES string of the molecule is O=CN1CCCCC=C1/C=C/c1ccccc1. The number of allylic oxidation sites excluding steroid dienone is 2. The molecule has 1 aliphatic heterocycles. The van der Waals surface area contributed by atoms with Gasteiger partial charge in [-0.15, -0.1) is 0 Å². The number of nitrogens with zero attached hydrogens (tertiary/aromatic N) is 1. The summed E-state index contributed by atoms with van der Waals surface area (Å²) >= 11 is 0. The fourth-order valence-corrected chi connectivity index (χ4v) is 1.95. The van der Waals surface area contributed by atoms with E-state index in [2.05, 4.69) is 18.2 Å². The third-order valence-electron chi connectivity index (χ3n) is 2.91. The lowest BCUT2D eigenvalue weighted by atomic mass is 10.2. The normalized spacial score (nSPS) is 16.7. The minimum absolute atomic E-state index is 0.828. The van der Waals surface area contributed by atoms with Gasteiger partial charge in [-0.2, -0.15) is 0 Å². The molecule has 0 fully saturated rings. The Kier molecular flexibility index (Phi) is 4.14. The van der Waals surface area contributed by atoms with E-state index >= 15 is 0 Å². The van der Waals surface area contributed by atoms with Crippen molar-refractivity contribution in [3.63, 3.8) is 0 Å². The lowest BCUT2D eigenvalue weighted by molar-refractivity contribution is -0.116. The molecule has 0 bridgehead atoms. The Hall–Kier alpha value is -1.83. The summed E-state index contributed by atoms with van der Waals surface area (Å²) in [4.78, 5) is 12.8. The molecule has 88 valence electrons. The molecule has 0 aromatic heterocycles. The van der Waals surface area contributed by atoms with E-state index in [1.165, 1.54) is 0 Å². The van der Waals surface area contributed by atoms with Crippen LogP contribution in [0.5, 0.6) is 0 Å². The van der Waals surface area contributed by atoms with E-state index in [0.29, 0.717) is 0 Å². The molecule has 0 atom stereocenters. The first-order valence-electron chi connectivity index (χ1n) is 6.05. The highest BCUT2D eigenvalue weighted by atomic mass is 16.1. The minimum Gasteiger partial charge on any atom is -0.315 e. The zero-order chi connectivity index (χ0) is 11.9. The van der Waals surface area contributed by atoms with Crippen LogP contribution in [0.25, 0.3) is 6.08 Å². The van der Waals surface area contributed by atoms with E-state index in [-0.39, 0.29) is 0 Å². The van der Waals surface area contributed by atoms with E-state index in [1.807, 2.05) is 30.4 Å². The smallest absolute Gasteiger partial charge is 0.214 e. The number of carbonyl (C=O) groups is 1. The van der Waals surface area contributed by atoms with Crippen molar-refractivity contribution in [2.45, 2.75) is 19.3 Å². The summed E-state index contributed by atoms with van der Waals surface area (Å²) in [6.45, 7) is 0.828. The van der Waals surface area contributed by atoms with E-state index in [4.69, 9.17) is 0 Å². The number of hydrogen-bond acceptors (Lipinski definition) is 1. The molecule has 0 saturated carbocycles. The van der Waals surface area contributed by atoms with Crippen molar-refractivity contribution in [1.82, 2.24) is 4.90 Å². The van der Waals surface area contributed by atoms with Crippen LogP contribution in [0.4, 0.5) is 0 Å². The number of hydrogen-bond donors (Lipinski definition) is 0. The molecule has 17 heavy (non-hydrogen) atoms. The molecule has 2 heteroatoms. The predicted molar refractivity (Wildman–Crippen MR) is 70.2 cm³/mol. The second kappa shape index (κ2) is 6.04. The van der Waals surface area contributed by atoms with Crippen LogP contribution in [0, 0.1) is 0 Å². The number of benzene rings is 1. The molecule has 0 saturated heterocycles. The van der Waals surface area contributed by atoms with Gasteiger partial charge in [0.25, 0.3) is 0 Å². The van der Waals surface area contributed by atoms with Gasteiger partial charge in [-0.05, 0) is 30.9 Å². The topological polar surface area (TPSA) is 20.3 Å². The van der Waals surface area contributed by atoms with Crippen LogP contribution in [0.3, 0.4) is 0 Å². The van der Waals surface area contributed by atoms with Crippen molar-refractivity contribution in [2.75, 3.05) is 6.54 Å². The number of carbonyl (C=O) groups excluding carboxylic acids is 1. The molecule has 2 rings (SSSR count). The van der Waals surface area contributed by atoms with Crippen LogP contribution in [0.1, 0.15) is 24.8 Å². The summed E-state index contributed by atoms with van der Waals surface area (Å²) in [6.07, 6.45) is 10.4. The van der Waals surface area contributed by atoms with E-state index in [0.717, 1.165) is 43.5 Å². The monoisotopic (exact) mass is 227 g/mol. The van der Waals surface area contributed by atoms with Crippen molar-refractivity contribution < 1.29 is 4.79 Å². The summed E-state index contributed by atoms with van der Waals surface area (Å²) in [5, 5.41) is 0. The molecule has 0 unspecified atom stereocenters. The fraction of sp³-hybridized carbons (Fsp3) is 0.267. The van der Waals surface area contributed by atoms with Crippen molar-refractivity contribution in [3.8, 4) is 0 Å². The molecule has 2 nitrogen and oxygen atoms in total. The van der Waals surface area contributed by atoms with Crippen molar-refractivity contribution >= 4 is 12.5 Å². The molecule has 1 heterocycles. The summed E-state index contributed by atoms with van der Waals surface area (Å²) in [7, 11) is 0. The highest BCUT2D eigenvalue weighted by molar-refractivity contribution is 5.58. The second-order valence-corrected chi connectivity index (χ2v) is 4.17. The van der Waals surface area contributed by atoms with Gasteiger partial charge in [-0.3, -0.25) is 4.79 Å². The molecule has 1 aliphatic rings. The van der Waals surface area contributed by atoms with Crippen molar-refractivity contribution in [2.24, 2.45) is 0 Å². The van der Waals surface area contributed by atoms with Crippen LogP contribution in [0.2, 0.25) is 0 Å². The Morgan fingerprint density at radius 1 is 1.06 bits per heavy atom. The third-order valence-corrected chi connectivity index (χ3v) is 2.91. The van der Waals surface area contributed by atoms with E-state index < -0.39 is 0 Å². The van der Waals surface area contributed by atoms with Crippen LogP contribution < -0.4 is 0 Å². The van der Waals surface area contributed by atoms with Gasteiger partial charge in [-0.1, -0.05) is 42.5 Å². The molecule has 0 spiro atoms. The first kappa shape index (κ1) is 11.6. The average Bonchev–Trinajstić information content (AvgIpc) is 2.62. The summed E-state index contributed by atoms with van der Waals surface area (Å²) < 4.78 is 0. The van der Waals surface area contributed by atoms with Gasteiger partial charge in [0.05, 0.1) is 0 Å². The quantitative estimate of drug-likeness (QED) is 0.726. The summed E-state index contributed by atoms with van der Waals surface area (Å²) in [5.74, 6) is 0. The van der Waals surface area contributed by atoms with Gasteiger partial charge in [0.1, 0.15) is 0 Å². The minimum atomic E-state index is 0.828. The van der Waals surface area contributed by atoms with Crippen LogP contribution in [0.15, 0.2) is 48.2 Å². The van der Waals surface area contributed by atoms with Gasteiger partial charge >= 0.3 is 0 Å². The van der Waals surface area contributed by atoms with Crippen molar-refractivity contribution in [3.05, 3.63) is 53.7 Å². The standard InChI is InChI=1S/C15H17NO/c17-13-16-12-6-2-5-9-15(16)11-10-14-7-3-1-4-8-14/h1,3-4,7-11,13H,2,5-6,12H2/b11-10+. The number of rotatable bonds is 3. The lowest BCUT2D eigenvalue weighted by Crippen LogP contribution is -2.20. The Labute approximate surface area is 102 Å².